The van der Waals surface area contributed by atoms with Gasteiger partial charge < -0.3 is 19.5 Å². The van der Waals surface area contributed by atoms with Crippen LogP contribution >= 0.6 is 0 Å². The maximum atomic E-state index is 12.7. The number of likely N-dealkylation sites (tertiary alicyclic amines) is 1. The van der Waals surface area contributed by atoms with Crippen LogP contribution < -0.4 is 10.1 Å². The molecule has 0 radical (unpaired) electrons. The molecule has 1 saturated heterocycles. The van der Waals surface area contributed by atoms with Crippen LogP contribution in [0.5, 0.6) is 5.75 Å². The molecule has 0 saturated carbocycles. The van der Waals surface area contributed by atoms with Crippen LogP contribution in [0, 0.1) is 5.92 Å². The third kappa shape index (κ3) is 4.68. The van der Waals surface area contributed by atoms with Crippen LogP contribution in [-0.2, 0) is 6.42 Å². The number of urea groups is 1. The van der Waals surface area contributed by atoms with Gasteiger partial charge in [0.25, 0.3) is 0 Å². The van der Waals surface area contributed by atoms with Gasteiger partial charge in [-0.25, -0.2) is 9.78 Å². The molecular weight excluding hydrogens is 372 g/mol. The first kappa shape index (κ1) is 18.9. The molecule has 150 valence electrons. The summed E-state index contributed by atoms with van der Waals surface area (Å²) in [4.78, 5) is 27.1. The lowest BCUT2D eigenvalue weighted by Gasteiger charge is -2.32. The first-order valence-electron chi connectivity index (χ1n) is 9.50. The van der Waals surface area contributed by atoms with Gasteiger partial charge in [-0.15, -0.1) is 0 Å². The predicted molar refractivity (Wildman–Crippen MR) is 105 cm³/mol. The van der Waals surface area contributed by atoms with Gasteiger partial charge in [0, 0.05) is 43.7 Å². The normalized spacial score (nSPS) is 16.4. The van der Waals surface area contributed by atoms with Gasteiger partial charge in [-0.2, -0.15) is 4.98 Å². The smallest absolute Gasteiger partial charge is 0.321 e. The fourth-order valence-electron chi connectivity index (χ4n) is 3.42. The van der Waals surface area contributed by atoms with Crippen molar-refractivity contribution in [2.45, 2.75) is 19.3 Å². The van der Waals surface area contributed by atoms with E-state index in [9.17, 15) is 4.79 Å². The van der Waals surface area contributed by atoms with Crippen molar-refractivity contribution in [1.29, 1.82) is 0 Å². The number of benzene rings is 1. The molecule has 3 aromatic rings. The van der Waals surface area contributed by atoms with Crippen molar-refractivity contribution in [2.24, 2.45) is 5.92 Å². The summed E-state index contributed by atoms with van der Waals surface area (Å²) in [7, 11) is 1.60. The van der Waals surface area contributed by atoms with Crippen LogP contribution in [-0.4, -0.2) is 51.2 Å². The summed E-state index contributed by atoms with van der Waals surface area (Å²) in [6, 6.07) is 7.21. The monoisotopic (exact) mass is 394 g/mol. The molecule has 9 nitrogen and oxygen atoms in total. The lowest BCUT2D eigenvalue weighted by molar-refractivity contribution is 0.173. The molecule has 29 heavy (non-hydrogen) atoms. The molecule has 2 aromatic heterocycles. The van der Waals surface area contributed by atoms with E-state index in [1.807, 2.05) is 23.1 Å². The summed E-state index contributed by atoms with van der Waals surface area (Å²) in [5.41, 5.74) is 1.28. The Kier molecular flexibility index (Phi) is 5.64. The zero-order valence-electron chi connectivity index (χ0n) is 16.1. The fraction of sp³-hybridized carbons (Fsp3) is 0.350. The molecule has 1 N–H and O–H groups in total. The first-order valence-corrected chi connectivity index (χ1v) is 9.50. The van der Waals surface area contributed by atoms with E-state index < -0.39 is 0 Å². The van der Waals surface area contributed by atoms with Gasteiger partial charge in [-0.3, -0.25) is 4.98 Å². The van der Waals surface area contributed by atoms with Crippen LogP contribution in [0.3, 0.4) is 0 Å². The minimum Gasteiger partial charge on any atom is -0.497 e. The van der Waals surface area contributed by atoms with E-state index in [1.165, 1.54) is 0 Å². The summed E-state index contributed by atoms with van der Waals surface area (Å²) in [6.45, 7) is 1.36. The molecule has 2 amide bonds. The van der Waals surface area contributed by atoms with Crippen LogP contribution in [0.25, 0.3) is 11.5 Å². The summed E-state index contributed by atoms with van der Waals surface area (Å²) >= 11 is 0. The third-order valence-electron chi connectivity index (χ3n) is 4.85. The molecular formula is C20H22N6O3. The van der Waals surface area contributed by atoms with Gasteiger partial charge in [0.05, 0.1) is 13.3 Å². The second-order valence-corrected chi connectivity index (χ2v) is 6.92. The number of nitrogens with zero attached hydrogens (tertiary/aromatic N) is 5. The highest BCUT2D eigenvalue weighted by molar-refractivity contribution is 5.89. The van der Waals surface area contributed by atoms with Crippen LogP contribution in [0.1, 0.15) is 18.7 Å². The Morgan fingerprint density at radius 3 is 3.14 bits per heavy atom. The van der Waals surface area contributed by atoms with E-state index in [1.54, 1.807) is 31.8 Å². The SMILES string of the molecule is COc1cccc(NC(=O)N2CCCC(Cc3nc(-c4cnccn4)no3)C2)c1. The van der Waals surface area contributed by atoms with Crippen molar-refractivity contribution in [1.82, 2.24) is 25.0 Å². The second-order valence-electron chi connectivity index (χ2n) is 6.92. The van der Waals surface area contributed by atoms with E-state index in [4.69, 9.17) is 9.26 Å². The minimum atomic E-state index is -0.117. The summed E-state index contributed by atoms with van der Waals surface area (Å²) < 4.78 is 10.6. The van der Waals surface area contributed by atoms with Gasteiger partial charge >= 0.3 is 6.03 Å². The number of piperidine rings is 1. The third-order valence-corrected chi connectivity index (χ3v) is 4.85. The van der Waals surface area contributed by atoms with E-state index in [-0.39, 0.29) is 11.9 Å². The number of ether oxygens (including phenoxy) is 1. The lowest BCUT2D eigenvalue weighted by atomic mass is 9.95. The van der Waals surface area contributed by atoms with E-state index >= 15 is 0 Å². The summed E-state index contributed by atoms with van der Waals surface area (Å²) in [5.74, 6) is 1.94. The number of carbonyl (C=O) groups excluding carboxylic acids is 1. The zero-order chi connectivity index (χ0) is 20.1. The van der Waals surface area contributed by atoms with E-state index in [2.05, 4.69) is 25.4 Å². The Bertz CT molecular complexity index is 962. The Hall–Kier alpha value is -3.49. The van der Waals surface area contributed by atoms with Crippen molar-refractivity contribution < 1.29 is 14.1 Å². The standard InChI is InChI=1S/C20H22N6O3/c1-28-16-6-2-5-15(11-16)23-20(27)26-9-3-4-14(13-26)10-18-24-19(25-29-18)17-12-21-7-8-22-17/h2,5-8,11-12,14H,3-4,9-10,13H2,1H3,(H,23,27). The van der Waals surface area contributed by atoms with Crippen LogP contribution in [0.4, 0.5) is 10.5 Å². The molecule has 9 heteroatoms. The Morgan fingerprint density at radius 2 is 2.31 bits per heavy atom. The molecule has 1 fully saturated rings. The summed E-state index contributed by atoms with van der Waals surface area (Å²) in [6.07, 6.45) is 7.34. The maximum Gasteiger partial charge on any atom is 0.321 e. The predicted octanol–water partition coefficient (Wildman–Crippen LogP) is 3.02. The van der Waals surface area contributed by atoms with Gasteiger partial charge in [0.2, 0.25) is 11.7 Å². The second kappa shape index (κ2) is 8.68. The fourth-order valence-corrected chi connectivity index (χ4v) is 3.42. The number of methoxy groups -OCH3 is 1. The summed E-state index contributed by atoms with van der Waals surface area (Å²) in [5, 5.41) is 6.92. The molecule has 1 unspecified atom stereocenters. The molecule has 0 bridgehead atoms. The lowest BCUT2D eigenvalue weighted by Crippen LogP contribution is -2.42. The number of hydrogen-bond donors (Lipinski definition) is 1. The number of aromatic nitrogens is 4. The van der Waals surface area contributed by atoms with E-state index in [0.29, 0.717) is 41.8 Å². The van der Waals surface area contributed by atoms with Crippen molar-refractivity contribution in [2.75, 3.05) is 25.5 Å². The molecule has 0 spiro atoms. The van der Waals surface area contributed by atoms with Gasteiger partial charge in [-0.1, -0.05) is 11.2 Å². The first-order chi connectivity index (χ1) is 14.2. The van der Waals surface area contributed by atoms with Gasteiger partial charge in [0.15, 0.2) is 0 Å². The molecule has 4 rings (SSSR count). The Labute approximate surface area is 168 Å². The average Bonchev–Trinajstić information content (AvgIpc) is 3.23. The zero-order valence-corrected chi connectivity index (χ0v) is 16.1. The highest BCUT2D eigenvalue weighted by Crippen LogP contribution is 2.23. The van der Waals surface area contributed by atoms with Crippen molar-refractivity contribution in [3.63, 3.8) is 0 Å². The van der Waals surface area contributed by atoms with Crippen molar-refractivity contribution >= 4 is 11.7 Å². The maximum absolute atomic E-state index is 12.7. The Morgan fingerprint density at radius 1 is 1.38 bits per heavy atom. The van der Waals surface area contributed by atoms with Gasteiger partial charge in [0.1, 0.15) is 11.4 Å². The number of nitrogens with one attached hydrogen (secondary N) is 1. The number of carbonyl (C=O) groups is 1. The number of hydrogen-bond acceptors (Lipinski definition) is 7. The molecule has 1 aromatic carbocycles. The van der Waals surface area contributed by atoms with Crippen molar-refractivity contribution in [3.05, 3.63) is 48.7 Å². The van der Waals surface area contributed by atoms with Gasteiger partial charge in [-0.05, 0) is 30.9 Å². The highest BCUT2D eigenvalue weighted by atomic mass is 16.5. The topological polar surface area (TPSA) is 106 Å². The van der Waals surface area contributed by atoms with E-state index in [0.717, 1.165) is 19.4 Å². The largest absolute Gasteiger partial charge is 0.497 e. The molecule has 0 aliphatic carbocycles. The van der Waals surface area contributed by atoms with Crippen LogP contribution in [0.2, 0.25) is 0 Å². The average molecular weight is 394 g/mol. The number of anilines is 1. The molecule has 1 aliphatic heterocycles. The minimum absolute atomic E-state index is 0.117. The molecule has 1 aliphatic rings. The molecule has 3 heterocycles. The highest BCUT2D eigenvalue weighted by Gasteiger charge is 2.26. The Balaban J connectivity index is 1.36. The quantitative estimate of drug-likeness (QED) is 0.709. The van der Waals surface area contributed by atoms with Crippen LogP contribution in [0.15, 0.2) is 47.4 Å². The number of amides is 2. The van der Waals surface area contributed by atoms with Crippen molar-refractivity contribution in [3.8, 4) is 17.3 Å². The number of rotatable bonds is 5. The molecule has 1 atom stereocenters.